The van der Waals surface area contributed by atoms with E-state index in [-0.39, 0.29) is 29.4 Å². The number of rotatable bonds is 5. The maximum absolute atomic E-state index is 15.6. The Balaban J connectivity index is 1.15. The Morgan fingerprint density at radius 3 is 2.65 bits per heavy atom. The third-order valence-corrected chi connectivity index (χ3v) is 8.08. The fourth-order valence-electron chi connectivity index (χ4n) is 5.66. The van der Waals surface area contributed by atoms with Crippen LogP contribution in [0.5, 0.6) is 0 Å². The first kappa shape index (κ1) is 22.2. The molecule has 1 aromatic heterocycles. The van der Waals surface area contributed by atoms with Crippen molar-refractivity contribution in [2.75, 3.05) is 19.6 Å². The molecule has 7 rings (SSSR count). The maximum Gasteiger partial charge on any atom is 0.256 e. The van der Waals surface area contributed by atoms with Gasteiger partial charge in [0.25, 0.3) is 5.91 Å². The topological polar surface area (TPSA) is 89.9 Å². The van der Waals surface area contributed by atoms with Gasteiger partial charge in [0.1, 0.15) is 28.8 Å². The van der Waals surface area contributed by atoms with Gasteiger partial charge in [-0.05, 0) is 73.4 Å². The fraction of sp³-hybridized carbons (Fsp3) is 0.379. The van der Waals surface area contributed by atoms with E-state index in [9.17, 15) is 9.59 Å². The van der Waals surface area contributed by atoms with Crippen LogP contribution in [0.2, 0.25) is 0 Å². The molecule has 8 heteroatoms. The minimum Gasteiger partial charge on any atom is -0.446 e. The fourth-order valence-corrected chi connectivity index (χ4v) is 5.66. The smallest absolute Gasteiger partial charge is 0.256 e. The Morgan fingerprint density at radius 2 is 1.92 bits per heavy atom. The van der Waals surface area contributed by atoms with Gasteiger partial charge >= 0.3 is 0 Å². The number of amides is 2. The van der Waals surface area contributed by atoms with E-state index < -0.39 is 11.4 Å². The van der Waals surface area contributed by atoms with Crippen LogP contribution >= 0.6 is 0 Å². The van der Waals surface area contributed by atoms with Gasteiger partial charge in [0.05, 0.1) is 5.56 Å². The van der Waals surface area contributed by atoms with Gasteiger partial charge in [0.2, 0.25) is 11.7 Å². The highest BCUT2D eigenvalue weighted by molar-refractivity contribution is 6.16. The largest absolute Gasteiger partial charge is 0.446 e. The number of amidine groups is 1. The third-order valence-electron chi connectivity index (χ3n) is 8.08. The first-order valence-corrected chi connectivity index (χ1v) is 12.9. The van der Waals surface area contributed by atoms with Crippen LogP contribution < -0.4 is 0 Å². The van der Waals surface area contributed by atoms with Gasteiger partial charge in [-0.15, -0.1) is 0 Å². The molecule has 2 aliphatic heterocycles. The molecule has 2 saturated carbocycles. The number of carbonyl (C=O) groups excluding carboxylic acids is 2. The molecule has 3 heterocycles. The summed E-state index contributed by atoms with van der Waals surface area (Å²) in [7, 11) is 0. The van der Waals surface area contributed by atoms with Gasteiger partial charge in [-0.2, -0.15) is 5.26 Å². The predicted molar refractivity (Wildman–Crippen MR) is 134 cm³/mol. The summed E-state index contributed by atoms with van der Waals surface area (Å²) in [6, 6.07) is 14.1. The van der Waals surface area contributed by atoms with Gasteiger partial charge < -0.3 is 9.32 Å². The summed E-state index contributed by atoms with van der Waals surface area (Å²) in [5, 5.41) is 9.85. The van der Waals surface area contributed by atoms with Crippen LogP contribution in [-0.2, 0) is 9.59 Å². The highest BCUT2D eigenvalue weighted by Crippen LogP contribution is 2.46. The quantitative estimate of drug-likeness (QED) is 0.521. The zero-order valence-corrected chi connectivity index (χ0v) is 20.2. The molecule has 186 valence electrons. The van der Waals surface area contributed by atoms with Crippen LogP contribution in [-0.4, -0.2) is 52.6 Å². The van der Waals surface area contributed by atoms with Crippen molar-refractivity contribution >= 4 is 28.6 Å². The number of hydrogen-bond acceptors (Lipinski definition) is 5. The first-order chi connectivity index (χ1) is 17.9. The van der Waals surface area contributed by atoms with E-state index in [1.807, 2.05) is 29.2 Å². The Morgan fingerprint density at radius 1 is 1.14 bits per heavy atom. The Bertz CT molecular complexity index is 1540. The second-order valence-electron chi connectivity index (χ2n) is 10.8. The third kappa shape index (κ3) is 3.72. The van der Waals surface area contributed by atoms with Gasteiger partial charge in [-0.25, -0.2) is 4.39 Å². The van der Waals surface area contributed by atoms with E-state index in [0.29, 0.717) is 48.5 Å². The Hall–Kier alpha value is -3.99. The Kier molecular flexibility index (Phi) is 4.81. The van der Waals surface area contributed by atoms with Crippen LogP contribution in [0, 0.1) is 29.0 Å². The summed E-state index contributed by atoms with van der Waals surface area (Å²) in [6.45, 7) is 1.82. The molecule has 3 fully saturated rings. The molecule has 0 radical (unpaired) electrons. The maximum atomic E-state index is 15.6. The first-order valence-electron chi connectivity index (χ1n) is 12.9. The zero-order chi connectivity index (χ0) is 25.3. The Labute approximate surface area is 213 Å². The highest BCUT2D eigenvalue weighted by atomic mass is 19.1. The zero-order valence-electron chi connectivity index (χ0n) is 20.2. The lowest BCUT2D eigenvalue weighted by Crippen LogP contribution is -2.41. The van der Waals surface area contributed by atoms with Crippen molar-refractivity contribution in [3.63, 3.8) is 0 Å². The lowest BCUT2D eigenvalue weighted by molar-refractivity contribution is -0.131. The van der Waals surface area contributed by atoms with Gasteiger partial charge in [0.15, 0.2) is 0 Å². The molecule has 3 aromatic rings. The molecule has 2 aromatic carbocycles. The molecule has 0 N–H and O–H groups in total. The van der Waals surface area contributed by atoms with E-state index in [4.69, 9.17) is 14.7 Å². The summed E-state index contributed by atoms with van der Waals surface area (Å²) >= 11 is 0. The van der Waals surface area contributed by atoms with Crippen LogP contribution in [0.3, 0.4) is 0 Å². The normalized spacial score (nSPS) is 22.1. The van der Waals surface area contributed by atoms with Gasteiger partial charge in [0, 0.05) is 37.0 Å². The highest BCUT2D eigenvalue weighted by Gasteiger charge is 2.58. The molecule has 37 heavy (non-hydrogen) atoms. The summed E-state index contributed by atoms with van der Waals surface area (Å²) in [4.78, 5) is 34.2. The molecule has 1 saturated heterocycles. The van der Waals surface area contributed by atoms with Crippen LogP contribution in [0.25, 0.3) is 22.1 Å². The lowest BCUT2D eigenvalue weighted by atomic mass is 10.0. The van der Waals surface area contributed by atoms with E-state index >= 15 is 4.39 Å². The molecule has 0 bridgehead atoms. The van der Waals surface area contributed by atoms with Gasteiger partial charge in [-0.1, -0.05) is 12.1 Å². The number of halogens is 1. The van der Waals surface area contributed by atoms with Crippen molar-refractivity contribution in [2.45, 2.75) is 37.6 Å². The number of likely N-dealkylation sites (tertiary alicyclic amines) is 1. The van der Waals surface area contributed by atoms with Crippen molar-refractivity contribution < 1.29 is 18.4 Å². The van der Waals surface area contributed by atoms with E-state index in [1.165, 1.54) is 6.07 Å². The van der Waals surface area contributed by atoms with Crippen molar-refractivity contribution in [1.29, 1.82) is 5.26 Å². The predicted octanol–water partition coefficient (Wildman–Crippen LogP) is 4.49. The lowest BCUT2D eigenvalue weighted by Gasteiger charge is -2.24. The average molecular weight is 497 g/mol. The second kappa shape index (κ2) is 8.01. The van der Waals surface area contributed by atoms with E-state index in [0.717, 1.165) is 36.8 Å². The molecule has 1 spiro atoms. The number of fused-ring (bicyclic) bond motifs is 1. The molecule has 1 atom stereocenters. The van der Waals surface area contributed by atoms with E-state index in [1.54, 1.807) is 23.1 Å². The van der Waals surface area contributed by atoms with Gasteiger partial charge in [-0.3, -0.25) is 19.5 Å². The summed E-state index contributed by atoms with van der Waals surface area (Å²) < 4.78 is 21.0. The van der Waals surface area contributed by atoms with E-state index in [2.05, 4.69) is 0 Å². The molecule has 2 amide bonds. The van der Waals surface area contributed by atoms with Crippen molar-refractivity contribution in [1.82, 2.24) is 9.80 Å². The van der Waals surface area contributed by atoms with Crippen LogP contribution in [0.4, 0.5) is 4.39 Å². The second-order valence-corrected chi connectivity index (χ2v) is 10.8. The minimum absolute atomic E-state index is 0.0448. The molecular formula is C29H25FN4O3. The molecule has 2 aliphatic carbocycles. The summed E-state index contributed by atoms with van der Waals surface area (Å²) in [5.41, 5.74) is 1.68. The van der Waals surface area contributed by atoms with Crippen LogP contribution in [0.15, 0.2) is 51.9 Å². The molecule has 0 unspecified atom stereocenters. The molecular weight excluding hydrogens is 471 g/mol. The minimum atomic E-state index is -0.729. The SMILES string of the molecule is N#Cc1cc2cc(-c3ccc(C4=NC5(CC5)C(=O)N4C[C@@H]4CCN(C(=O)C5CC5)C4)c(F)c3)ccc2o1. The monoisotopic (exact) mass is 496 g/mol. The summed E-state index contributed by atoms with van der Waals surface area (Å²) in [6.07, 6.45) is 4.19. The summed E-state index contributed by atoms with van der Waals surface area (Å²) in [5.74, 6) is 0.742. The number of hydrogen-bond donors (Lipinski definition) is 0. The van der Waals surface area contributed by atoms with Crippen molar-refractivity contribution in [2.24, 2.45) is 16.8 Å². The number of benzene rings is 2. The average Bonchev–Trinajstić information content (AvgIpc) is 3.79. The number of carbonyl (C=O) groups is 2. The van der Waals surface area contributed by atoms with Crippen LogP contribution in [0.1, 0.15) is 43.4 Å². The number of aliphatic imine (C=N–C) groups is 1. The standard InChI is InChI=1S/C29H25FN4O3/c30-24-13-20(19-4-6-25-21(11-19)12-22(14-31)37-25)3-5-23(24)26-32-29(8-9-29)28(36)34(26)16-17-7-10-33(15-17)27(35)18-1-2-18/h3-6,11-13,17-18H,1-2,7-10,15-16H2/t17-/m1/s1. The molecule has 4 aliphatic rings. The number of nitrogens with zero attached hydrogens (tertiary/aromatic N) is 4. The number of nitriles is 1. The van der Waals surface area contributed by atoms with Crippen molar-refractivity contribution in [3.8, 4) is 17.2 Å². The number of furan rings is 1. The van der Waals surface area contributed by atoms with Crippen molar-refractivity contribution in [3.05, 3.63) is 59.6 Å². The molecule has 7 nitrogen and oxygen atoms in total.